The van der Waals surface area contributed by atoms with E-state index in [9.17, 15) is 5.11 Å². The van der Waals surface area contributed by atoms with Gasteiger partial charge >= 0.3 is 0 Å². The molecule has 0 aliphatic heterocycles. The third-order valence-electron chi connectivity index (χ3n) is 5.43. The van der Waals surface area contributed by atoms with Crippen molar-refractivity contribution in [2.45, 2.75) is 38.5 Å². The molecule has 0 bridgehead atoms. The number of rotatable bonds is 2. The van der Waals surface area contributed by atoms with Gasteiger partial charge in [0.05, 0.1) is 6.61 Å². The Morgan fingerprint density at radius 3 is 2.81 bits per heavy atom. The summed E-state index contributed by atoms with van der Waals surface area (Å²) < 4.78 is 0. The topological polar surface area (TPSA) is 20.2 Å². The maximum atomic E-state index is 9.89. The number of hydrogen-bond acceptors (Lipinski definition) is 1. The number of benzene rings is 1. The molecule has 1 N–H and O–H groups in total. The van der Waals surface area contributed by atoms with E-state index in [0.29, 0.717) is 12.5 Å². The van der Waals surface area contributed by atoms with Gasteiger partial charge in [0.25, 0.3) is 0 Å². The molecule has 1 aromatic rings. The van der Waals surface area contributed by atoms with Gasteiger partial charge in [0, 0.05) is 10.8 Å². The summed E-state index contributed by atoms with van der Waals surface area (Å²) in [5.41, 5.74) is 3.34. The highest BCUT2D eigenvalue weighted by Gasteiger charge is 2.65. The zero-order valence-electron chi connectivity index (χ0n) is 10.2. The van der Waals surface area contributed by atoms with E-state index in [-0.39, 0.29) is 10.8 Å². The molecule has 0 unspecified atom stereocenters. The summed E-state index contributed by atoms with van der Waals surface area (Å²) in [4.78, 5) is 0. The molecule has 0 aromatic heterocycles. The molecule has 16 heavy (non-hydrogen) atoms. The Morgan fingerprint density at radius 2 is 2.12 bits per heavy atom. The van der Waals surface area contributed by atoms with Crippen molar-refractivity contribution in [2.75, 3.05) is 6.61 Å². The summed E-state index contributed by atoms with van der Waals surface area (Å²) in [6.45, 7) is 4.95. The highest BCUT2D eigenvalue weighted by atomic mass is 16.3. The van der Waals surface area contributed by atoms with Crippen LogP contribution in [0.1, 0.15) is 37.8 Å². The van der Waals surface area contributed by atoms with Gasteiger partial charge in [-0.15, -0.1) is 0 Å². The normalized spacial score (nSPS) is 40.1. The summed E-state index contributed by atoms with van der Waals surface area (Å²) in [6, 6.07) is 8.76. The minimum Gasteiger partial charge on any atom is -0.396 e. The molecule has 0 amide bonds. The van der Waals surface area contributed by atoms with Gasteiger partial charge in [0.2, 0.25) is 0 Å². The summed E-state index contributed by atoms with van der Waals surface area (Å²) in [5.74, 6) is 0.704. The first-order valence-corrected chi connectivity index (χ1v) is 6.37. The zero-order chi connectivity index (χ0) is 11.4. The van der Waals surface area contributed by atoms with E-state index >= 15 is 0 Å². The van der Waals surface area contributed by atoms with Crippen molar-refractivity contribution in [1.29, 1.82) is 0 Å². The second-order valence-electron chi connectivity index (χ2n) is 5.79. The lowest BCUT2D eigenvalue weighted by molar-refractivity contribution is -0.0999. The van der Waals surface area contributed by atoms with Crippen LogP contribution in [0.25, 0.3) is 0 Å². The fourth-order valence-electron chi connectivity index (χ4n) is 4.38. The lowest BCUT2D eigenvalue weighted by Gasteiger charge is -2.60. The van der Waals surface area contributed by atoms with Crippen LogP contribution in [0.4, 0.5) is 0 Å². The first kappa shape index (κ1) is 10.3. The van der Waals surface area contributed by atoms with Crippen LogP contribution < -0.4 is 0 Å². The molecule has 1 nitrogen and oxygen atoms in total. The minimum atomic E-state index is 0.144. The number of aliphatic hydroxyl groups is 1. The van der Waals surface area contributed by atoms with Crippen LogP contribution in [0, 0.1) is 11.3 Å². The van der Waals surface area contributed by atoms with E-state index in [1.54, 1.807) is 0 Å². The van der Waals surface area contributed by atoms with Crippen LogP contribution in [-0.2, 0) is 11.8 Å². The lowest BCUT2D eigenvalue weighted by Crippen LogP contribution is -2.59. The Bertz CT molecular complexity index is 425. The van der Waals surface area contributed by atoms with Crippen molar-refractivity contribution in [3.8, 4) is 0 Å². The van der Waals surface area contributed by atoms with Crippen LogP contribution in [-0.4, -0.2) is 11.7 Å². The predicted molar refractivity (Wildman–Crippen MR) is 65.4 cm³/mol. The Kier molecular flexibility index (Phi) is 2.00. The molecule has 3 atom stereocenters. The predicted octanol–water partition coefficient (Wildman–Crippen LogP) is 2.91. The van der Waals surface area contributed by atoms with Crippen LogP contribution in [0.2, 0.25) is 0 Å². The molecule has 1 heteroatoms. The maximum Gasteiger partial charge on any atom is 0.0501 e. The van der Waals surface area contributed by atoms with Crippen LogP contribution in [0.3, 0.4) is 0 Å². The molecule has 0 saturated heterocycles. The third-order valence-corrected chi connectivity index (χ3v) is 5.43. The van der Waals surface area contributed by atoms with Crippen molar-refractivity contribution < 1.29 is 5.11 Å². The van der Waals surface area contributed by atoms with Crippen LogP contribution >= 0.6 is 0 Å². The summed E-state index contributed by atoms with van der Waals surface area (Å²) in [7, 11) is 0. The van der Waals surface area contributed by atoms with Crippen LogP contribution in [0.5, 0.6) is 0 Å². The smallest absolute Gasteiger partial charge is 0.0501 e. The quantitative estimate of drug-likeness (QED) is 0.806. The fraction of sp³-hybridized carbons (Fsp3) is 0.600. The van der Waals surface area contributed by atoms with Crippen LogP contribution in [0.15, 0.2) is 24.3 Å². The van der Waals surface area contributed by atoms with Gasteiger partial charge in [0.15, 0.2) is 0 Å². The molecular formula is C15H20O. The van der Waals surface area contributed by atoms with E-state index in [0.717, 1.165) is 6.42 Å². The molecule has 86 valence electrons. The van der Waals surface area contributed by atoms with Gasteiger partial charge in [-0.1, -0.05) is 44.5 Å². The highest BCUT2D eigenvalue weighted by Crippen LogP contribution is 2.68. The van der Waals surface area contributed by atoms with Gasteiger partial charge < -0.3 is 5.11 Å². The first-order valence-electron chi connectivity index (χ1n) is 6.37. The molecule has 3 rings (SSSR count). The average Bonchev–Trinajstić information content (AvgIpc) is 2.50. The Balaban J connectivity index is 2.11. The SMILES string of the molecule is CC[C@H]1C[C@]2(C)c3ccccc3C[C@]12CO. The zero-order valence-corrected chi connectivity index (χ0v) is 10.2. The van der Waals surface area contributed by atoms with Crippen molar-refractivity contribution in [1.82, 2.24) is 0 Å². The molecule has 0 radical (unpaired) electrons. The fourth-order valence-corrected chi connectivity index (χ4v) is 4.38. The maximum absolute atomic E-state index is 9.89. The van der Waals surface area contributed by atoms with Gasteiger partial charge in [-0.05, 0) is 29.9 Å². The van der Waals surface area contributed by atoms with Crippen molar-refractivity contribution in [2.24, 2.45) is 11.3 Å². The second kappa shape index (κ2) is 3.10. The molecule has 1 aromatic carbocycles. The van der Waals surface area contributed by atoms with Gasteiger partial charge in [-0.3, -0.25) is 0 Å². The van der Waals surface area contributed by atoms with E-state index < -0.39 is 0 Å². The van der Waals surface area contributed by atoms with E-state index in [2.05, 4.69) is 38.1 Å². The molecule has 0 heterocycles. The molecule has 1 saturated carbocycles. The molecule has 2 aliphatic carbocycles. The highest BCUT2D eigenvalue weighted by molar-refractivity contribution is 5.47. The molecule has 1 fully saturated rings. The largest absolute Gasteiger partial charge is 0.396 e. The van der Waals surface area contributed by atoms with Gasteiger partial charge in [-0.2, -0.15) is 0 Å². The third kappa shape index (κ3) is 0.917. The average molecular weight is 216 g/mol. The van der Waals surface area contributed by atoms with Crippen molar-refractivity contribution in [3.63, 3.8) is 0 Å². The molecule has 2 aliphatic rings. The van der Waals surface area contributed by atoms with Crippen molar-refractivity contribution in [3.05, 3.63) is 35.4 Å². The number of hydrogen-bond donors (Lipinski definition) is 1. The monoisotopic (exact) mass is 216 g/mol. The second-order valence-corrected chi connectivity index (χ2v) is 5.79. The Hall–Kier alpha value is -0.820. The lowest BCUT2D eigenvalue weighted by atomic mass is 9.44. The Labute approximate surface area is 97.5 Å². The van der Waals surface area contributed by atoms with E-state index in [4.69, 9.17) is 0 Å². The molecular weight excluding hydrogens is 196 g/mol. The summed E-state index contributed by atoms with van der Waals surface area (Å²) in [6.07, 6.45) is 3.53. The minimum absolute atomic E-state index is 0.144. The summed E-state index contributed by atoms with van der Waals surface area (Å²) >= 11 is 0. The summed E-state index contributed by atoms with van der Waals surface area (Å²) in [5, 5.41) is 9.89. The number of fused-ring (bicyclic) bond motifs is 3. The molecule has 0 spiro atoms. The van der Waals surface area contributed by atoms with Crippen molar-refractivity contribution >= 4 is 0 Å². The van der Waals surface area contributed by atoms with Gasteiger partial charge in [0.1, 0.15) is 0 Å². The number of aliphatic hydroxyl groups excluding tert-OH is 1. The Morgan fingerprint density at radius 1 is 1.38 bits per heavy atom. The van der Waals surface area contributed by atoms with Gasteiger partial charge in [-0.25, -0.2) is 0 Å². The van der Waals surface area contributed by atoms with E-state index in [1.807, 2.05) is 0 Å². The van der Waals surface area contributed by atoms with E-state index in [1.165, 1.54) is 24.0 Å². The first-order chi connectivity index (χ1) is 7.68. The standard InChI is InChI=1S/C15H20O/c1-3-12-9-14(2)13-7-5-4-6-11(13)8-15(12,14)10-16/h4-7,12,16H,3,8-10H2,1-2H3/t12-,14+,15-/m0/s1.